The van der Waals surface area contributed by atoms with E-state index in [2.05, 4.69) is 31.8 Å². The van der Waals surface area contributed by atoms with Gasteiger partial charge in [0.25, 0.3) is 11.8 Å². The van der Waals surface area contributed by atoms with Crippen LogP contribution in [0.5, 0.6) is 0 Å². The van der Waals surface area contributed by atoms with Crippen molar-refractivity contribution in [1.82, 2.24) is 24.9 Å². The first kappa shape index (κ1) is 24.7. The van der Waals surface area contributed by atoms with Gasteiger partial charge in [0.15, 0.2) is 0 Å². The Hall–Kier alpha value is -3.57. The molecule has 7 nitrogen and oxygen atoms in total. The molecule has 2 saturated carbocycles. The molecule has 0 aliphatic heterocycles. The molecule has 0 atom stereocenters. The highest BCUT2D eigenvalue weighted by molar-refractivity contribution is 6.01. The minimum atomic E-state index is -4.26. The first-order chi connectivity index (χ1) is 18.0. The van der Waals surface area contributed by atoms with Gasteiger partial charge in [-0.05, 0) is 55.4 Å². The molecular weight excluding hydrogens is 507 g/mol. The monoisotopic (exact) mass is 532 g/mol. The van der Waals surface area contributed by atoms with Gasteiger partial charge in [0.05, 0.1) is 28.4 Å². The Morgan fingerprint density at radius 1 is 1.18 bits per heavy atom. The summed E-state index contributed by atoms with van der Waals surface area (Å²) < 4.78 is 67.8. The van der Waals surface area contributed by atoms with Gasteiger partial charge in [-0.25, -0.2) is 23.3 Å². The molecule has 200 valence electrons. The maximum absolute atomic E-state index is 13.3. The number of hydrogen-bond acceptors (Lipinski definition) is 5. The Morgan fingerprint density at radius 3 is 2.68 bits per heavy atom. The number of pyridine rings is 1. The summed E-state index contributed by atoms with van der Waals surface area (Å²) in [6, 6.07) is 3.09. The molecule has 0 bridgehead atoms. The minimum absolute atomic E-state index is 0.103. The first-order valence-corrected chi connectivity index (χ1v) is 12.6. The van der Waals surface area contributed by atoms with E-state index >= 15 is 0 Å². The third kappa shape index (κ3) is 4.49. The summed E-state index contributed by atoms with van der Waals surface area (Å²) in [5.74, 6) is -3.02. The standard InChI is InChI=1S/C26H25F5N6O/c27-25(28)10-16(11-25)35-22(38)19-13-34-37-8-5-15(9-21(19)37)17-3-1-2-4-20-18(17)12-32-23(36-20)33-14-24(6-7-24)26(29,30)31/h3,5,8-9,12-13,16H,1-2,4,6-7,10-11,14H2,(H,35,38)(H,32,33,36). The highest BCUT2D eigenvalue weighted by Gasteiger charge is 2.63. The minimum Gasteiger partial charge on any atom is -0.353 e. The molecule has 0 aromatic carbocycles. The number of carbonyl (C=O) groups is 1. The summed E-state index contributed by atoms with van der Waals surface area (Å²) in [5.41, 5.74) is 2.27. The fourth-order valence-corrected chi connectivity index (χ4v) is 5.13. The summed E-state index contributed by atoms with van der Waals surface area (Å²) in [6.07, 6.45) is 4.23. The van der Waals surface area contributed by atoms with Gasteiger partial charge < -0.3 is 10.6 Å². The molecule has 3 aromatic rings. The highest BCUT2D eigenvalue weighted by Crippen LogP contribution is 2.57. The fourth-order valence-electron chi connectivity index (χ4n) is 5.13. The van der Waals surface area contributed by atoms with E-state index in [-0.39, 0.29) is 43.7 Å². The summed E-state index contributed by atoms with van der Waals surface area (Å²) >= 11 is 0. The van der Waals surface area contributed by atoms with Crippen LogP contribution < -0.4 is 10.6 Å². The van der Waals surface area contributed by atoms with Crippen LogP contribution in [0.2, 0.25) is 0 Å². The molecule has 12 heteroatoms. The Morgan fingerprint density at radius 2 is 1.97 bits per heavy atom. The summed E-state index contributed by atoms with van der Waals surface area (Å²) in [7, 11) is 0. The van der Waals surface area contributed by atoms with Crippen LogP contribution in [0, 0.1) is 5.41 Å². The number of rotatable bonds is 6. The first-order valence-electron chi connectivity index (χ1n) is 12.6. The van der Waals surface area contributed by atoms with Gasteiger partial charge in [0.1, 0.15) is 0 Å². The molecule has 3 heterocycles. The van der Waals surface area contributed by atoms with Gasteiger partial charge in [-0.15, -0.1) is 0 Å². The van der Waals surface area contributed by atoms with Crippen molar-refractivity contribution in [2.75, 3.05) is 11.9 Å². The maximum atomic E-state index is 13.3. The smallest absolute Gasteiger partial charge is 0.353 e. The number of aryl methyl sites for hydroxylation is 1. The number of nitrogens with zero attached hydrogens (tertiary/aromatic N) is 4. The predicted octanol–water partition coefficient (Wildman–Crippen LogP) is 5.17. The van der Waals surface area contributed by atoms with Crippen molar-refractivity contribution < 1.29 is 26.7 Å². The van der Waals surface area contributed by atoms with Crippen LogP contribution in [-0.2, 0) is 6.42 Å². The second kappa shape index (κ2) is 8.74. The molecule has 3 aliphatic carbocycles. The zero-order valence-electron chi connectivity index (χ0n) is 20.3. The van der Waals surface area contributed by atoms with Crippen molar-refractivity contribution in [2.45, 2.75) is 63.1 Å². The van der Waals surface area contributed by atoms with E-state index < -0.39 is 29.5 Å². The van der Waals surface area contributed by atoms with Crippen LogP contribution in [0.25, 0.3) is 11.1 Å². The van der Waals surface area contributed by atoms with E-state index in [1.54, 1.807) is 16.9 Å². The zero-order chi connectivity index (χ0) is 26.7. The van der Waals surface area contributed by atoms with E-state index in [4.69, 9.17) is 0 Å². The maximum Gasteiger partial charge on any atom is 0.396 e. The lowest BCUT2D eigenvalue weighted by molar-refractivity contribution is -0.182. The zero-order valence-corrected chi connectivity index (χ0v) is 20.3. The summed E-state index contributed by atoms with van der Waals surface area (Å²) in [5, 5.41) is 9.65. The van der Waals surface area contributed by atoms with Crippen LogP contribution in [0.15, 0.2) is 36.8 Å². The number of carbonyl (C=O) groups excluding carboxylic acids is 1. The fraction of sp³-hybridized carbons (Fsp3) is 0.462. The van der Waals surface area contributed by atoms with Gasteiger partial charge in [0.2, 0.25) is 5.95 Å². The largest absolute Gasteiger partial charge is 0.396 e. The van der Waals surface area contributed by atoms with E-state index in [1.165, 1.54) is 6.20 Å². The van der Waals surface area contributed by atoms with Crippen LogP contribution in [0.1, 0.15) is 65.7 Å². The number of hydrogen-bond donors (Lipinski definition) is 2. The van der Waals surface area contributed by atoms with Crippen molar-refractivity contribution in [3.63, 3.8) is 0 Å². The lowest BCUT2D eigenvalue weighted by Gasteiger charge is -2.35. The third-order valence-electron chi connectivity index (χ3n) is 7.67. The van der Waals surface area contributed by atoms with Crippen molar-refractivity contribution in [2.24, 2.45) is 5.41 Å². The molecule has 6 rings (SSSR count). The quantitative estimate of drug-likeness (QED) is 0.428. The number of amides is 1. The highest BCUT2D eigenvalue weighted by atomic mass is 19.4. The number of halogens is 5. The van der Waals surface area contributed by atoms with Crippen LogP contribution >= 0.6 is 0 Å². The summed E-state index contributed by atoms with van der Waals surface area (Å²) in [4.78, 5) is 21.6. The number of aromatic nitrogens is 4. The van der Waals surface area contributed by atoms with Crippen molar-refractivity contribution in [1.29, 1.82) is 0 Å². The third-order valence-corrected chi connectivity index (χ3v) is 7.67. The molecule has 0 unspecified atom stereocenters. The van der Waals surface area contributed by atoms with E-state index in [0.29, 0.717) is 11.9 Å². The molecule has 1 amide bonds. The van der Waals surface area contributed by atoms with E-state index in [1.807, 2.05) is 12.1 Å². The molecule has 0 saturated heterocycles. The van der Waals surface area contributed by atoms with Gasteiger partial charge in [0, 0.05) is 43.4 Å². The second-order valence-corrected chi connectivity index (χ2v) is 10.4. The van der Waals surface area contributed by atoms with Gasteiger partial charge >= 0.3 is 6.18 Å². The van der Waals surface area contributed by atoms with Crippen LogP contribution in [0.4, 0.5) is 27.9 Å². The number of anilines is 1. The van der Waals surface area contributed by atoms with E-state index in [9.17, 15) is 26.7 Å². The molecule has 0 spiro atoms. The topological polar surface area (TPSA) is 84.2 Å². The summed E-state index contributed by atoms with van der Waals surface area (Å²) in [6.45, 7) is -0.251. The average Bonchev–Trinajstić information content (AvgIpc) is 3.58. The van der Waals surface area contributed by atoms with Gasteiger partial charge in [-0.3, -0.25) is 4.79 Å². The Labute approximate surface area is 214 Å². The lowest BCUT2D eigenvalue weighted by atomic mass is 9.88. The molecular formula is C26H25F5N6O. The normalized spacial score (nSPS) is 20.2. The molecule has 3 aromatic heterocycles. The second-order valence-electron chi connectivity index (χ2n) is 10.4. The van der Waals surface area contributed by atoms with Crippen LogP contribution in [-0.4, -0.2) is 50.2 Å². The Kier molecular flexibility index (Phi) is 5.69. The molecule has 0 radical (unpaired) electrons. The Bertz CT molecular complexity index is 1430. The number of fused-ring (bicyclic) bond motifs is 2. The average molecular weight is 533 g/mol. The molecule has 3 aliphatic rings. The molecule has 2 N–H and O–H groups in total. The van der Waals surface area contributed by atoms with Gasteiger partial charge in [-0.2, -0.15) is 18.3 Å². The van der Waals surface area contributed by atoms with Crippen LogP contribution in [0.3, 0.4) is 0 Å². The number of allylic oxidation sites excluding steroid dienone is 1. The number of nitrogens with one attached hydrogen (secondary N) is 2. The van der Waals surface area contributed by atoms with E-state index in [0.717, 1.165) is 35.2 Å². The van der Waals surface area contributed by atoms with Crippen molar-refractivity contribution >= 4 is 22.9 Å². The van der Waals surface area contributed by atoms with Gasteiger partial charge in [-0.1, -0.05) is 6.08 Å². The number of alkyl halides is 5. The van der Waals surface area contributed by atoms with Crippen molar-refractivity contribution in [3.05, 3.63) is 59.2 Å². The SMILES string of the molecule is O=C(NC1CC(F)(F)C1)c1cnn2ccc(C3=CCCCc4nc(NCC5(C(F)(F)F)CC5)ncc43)cc12. The molecule has 38 heavy (non-hydrogen) atoms. The Balaban J connectivity index is 1.25. The predicted molar refractivity (Wildman–Crippen MR) is 129 cm³/mol. The lowest BCUT2D eigenvalue weighted by Crippen LogP contribution is -2.50. The van der Waals surface area contributed by atoms with Crippen molar-refractivity contribution in [3.8, 4) is 0 Å². The molecule has 2 fully saturated rings.